The number of hydrogen-bond donors (Lipinski definition) is 0. The number of aryl methyl sites for hydroxylation is 1. The molecule has 2 aliphatic heterocycles. The van der Waals surface area contributed by atoms with Crippen molar-refractivity contribution in [2.75, 3.05) is 32.7 Å². The number of carbonyl (C=O) groups excluding carboxylic acids is 1. The van der Waals surface area contributed by atoms with Gasteiger partial charge in [-0.25, -0.2) is 0 Å². The molecule has 4 nitrogen and oxygen atoms in total. The highest BCUT2D eigenvalue weighted by Gasteiger charge is 2.28. The second-order valence-corrected chi connectivity index (χ2v) is 7.58. The standard InChI is InChI=1S/C20H30N2O2/c1-15-4-6-19(7-5-15)20(23)22-10-8-18(9-11-22)14-21-12-16(2)24-17(3)13-21/h4-7,16-18H,8-14H2,1-3H3/t16-,17-/m0/s1. The van der Waals surface area contributed by atoms with Crippen molar-refractivity contribution >= 4 is 5.91 Å². The minimum Gasteiger partial charge on any atom is -0.373 e. The van der Waals surface area contributed by atoms with E-state index in [1.807, 2.05) is 36.1 Å². The number of ether oxygens (including phenoxy) is 1. The van der Waals surface area contributed by atoms with Gasteiger partial charge in [0.1, 0.15) is 0 Å². The zero-order valence-electron chi connectivity index (χ0n) is 15.2. The fourth-order valence-electron chi connectivity index (χ4n) is 4.00. The molecule has 0 bridgehead atoms. The van der Waals surface area contributed by atoms with Gasteiger partial charge in [0.05, 0.1) is 12.2 Å². The summed E-state index contributed by atoms with van der Waals surface area (Å²) in [5.74, 6) is 0.881. The van der Waals surface area contributed by atoms with Crippen LogP contribution in [0.25, 0.3) is 0 Å². The molecular weight excluding hydrogens is 300 g/mol. The van der Waals surface area contributed by atoms with Gasteiger partial charge in [0, 0.05) is 38.3 Å². The third-order valence-electron chi connectivity index (χ3n) is 5.21. The third-order valence-corrected chi connectivity index (χ3v) is 5.21. The number of benzene rings is 1. The Morgan fingerprint density at radius 1 is 1.08 bits per heavy atom. The molecule has 0 aliphatic carbocycles. The van der Waals surface area contributed by atoms with Crippen molar-refractivity contribution in [3.8, 4) is 0 Å². The van der Waals surface area contributed by atoms with Crippen LogP contribution < -0.4 is 0 Å². The zero-order valence-corrected chi connectivity index (χ0v) is 15.2. The number of carbonyl (C=O) groups is 1. The molecule has 3 rings (SSSR count). The average Bonchev–Trinajstić information content (AvgIpc) is 2.55. The Labute approximate surface area is 145 Å². The molecule has 1 amide bonds. The summed E-state index contributed by atoms with van der Waals surface area (Å²) >= 11 is 0. The van der Waals surface area contributed by atoms with E-state index in [-0.39, 0.29) is 5.91 Å². The summed E-state index contributed by atoms with van der Waals surface area (Å²) in [6.07, 6.45) is 2.88. The number of morpholine rings is 1. The van der Waals surface area contributed by atoms with Crippen molar-refractivity contribution in [3.05, 3.63) is 35.4 Å². The number of likely N-dealkylation sites (tertiary alicyclic amines) is 1. The first kappa shape index (κ1) is 17.4. The molecule has 24 heavy (non-hydrogen) atoms. The van der Waals surface area contributed by atoms with Crippen LogP contribution in [0.4, 0.5) is 0 Å². The molecule has 0 aromatic heterocycles. The van der Waals surface area contributed by atoms with E-state index in [1.165, 1.54) is 5.56 Å². The fourth-order valence-corrected chi connectivity index (χ4v) is 4.00. The first-order valence-electron chi connectivity index (χ1n) is 9.25. The Morgan fingerprint density at radius 3 is 2.25 bits per heavy atom. The smallest absolute Gasteiger partial charge is 0.253 e. The van der Waals surface area contributed by atoms with E-state index in [1.54, 1.807) is 0 Å². The van der Waals surface area contributed by atoms with Crippen molar-refractivity contribution in [2.24, 2.45) is 5.92 Å². The summed E-state index contributed by atoms with van der Waals surface area (Å²) in [7, 11) is 0. The van der Waals surface area contributed by atoms with Crippen molar-refractivity contribution in [3.63, 3.8) is 0 Å². The Bertz CT molecular complexity index is 539. The minimum atomic E-state index is 0.182. The molecule has 0 saturated carbocycles. The molecular formula is C20H30N2O2. The van der Waals surface area contributed by atoms with Crippen LogP contribution in [0.3, 0.4) is 0 Å². The molecule has 0 radical (unpaired) electrons. The van der Waals surface area contributed by atoms with Crippen LogP contribution in [-0.2, 0) is 4.74 Å². The van der Waals surface area contributed by atoms with E-state index >= 15 is 0 Å². The molecule has 132 valence electrons. The van der Waals surface area contributed by atoms with Gasteiger partial charge >= 0.3 is 0 Å². The van der Waals surface area contributed by atoms with Gasteiger partial charge in [-0.05, 0) is 51.7 Å². The van der Waals surface area contributed by atoms with Gasteiger partial charge in [-0.15, -0.1) is 0 Å². The first-order chi connectivity index (χ1) is 11.5. The quantitative estimate of drug-likeness (QED) is 0.854. The van der Waals surface area contributed by atoms with Gasteiger partial charge < -0.3 is 9.64 Å². The van der Waals surface area contributed by atoms with Gasteiger partial charge in [0.25, 0.3) is 5.91 Å². The molecule has 1 aromatic carbocycles. The Kier molecular flexibility index (Phi) is 5.57. The second kappa shape index (κ2) is 7.66. The van der Waals surface area contributed by atoms with Crippen LogP contribution >= 0.6 is 0 Å². The maximum absolute atomic E-state index is 12.6. The van der Waals surface area contributed by atoms with Crippen LogP contribution in [0.2, 0.25) is 0 Å². The lowest BCUT2D eigenvalue weighted by atomic mass is 9.95. The van der Waals surface area contributed by atoms with Crippen molar-refractivity contribution in [1.29, 1.82) is 0 Å². The van der Waals surface area contributed by atoms with Gasteiger partial charge in [-0.3, -0.25) is 9.69 Å². The maximum atomic E-state index is 12.6. The number of rotatable bonds is 3. The van der Waals surface area contributed by atoms with E-state index in [9.17, 15) is 4.79 Å². The van der Waals surface area contributed by atoms with Gasteiger partial charge in [-0.2, -0.15) is 0 Å². The van der Waals surface area contributed by atoms with Crippen molar-refractivity contribution < 1.29 is 9.53 Å². The Hall–Kier alpha value is -1.39. The molecule has 0 unspecified atom stereocenters. The van der Waals surface area contributed by atoms with Crippen LogP contribution in [-0.4, -0.2) is 60.6 Å². The van der Waals surface area contributed by atoms with Gasteiger partial charge in [0.2, 0.25) is 0 Å². The number of nitrogens with zero attached hydrogens (tertiary/aromatic N) is 2. The summed E-state index contributed by atoms with van der Waals surface area (Å²) in [5, 5.41) is 0. The van der Waals surface area contributed by atoms with Crippen molar-refractivity contribution in [2.45, 2.75) is 45.8 Å². The predicted octanol–water partition coefficient (Wildman–Crippen LogP) is 2.96. The second-order valence-electron chi connectivity index (χ2n) is 7.58. The summed E-state index contributed by atoms with van der Waals surface area (Å²) < 4.78 is 5.82. The summed E-state index contributed by atoms with van der Waals surface area (Å²) in [5.41, 5.74) is 2.01. The summed E-state index contributed by atoms with van der Waals surface area (Å²) in [4.78, 5) is 17.2. The summed E-state index contributed by atoms with van der Waals surface area (Å²) in [6, 6.07) is 7.92. The number of piperidine rings is 1. The third kappa shape index (κ3) is 4.37. The molecule has 0 spiro atoms. The molecule has 2 atom stereocenters. The van der Waals surface area contributed by atoms with Crippen LogP contribution in [0.15, 0.2) is 24.3 Å². The van der Waals surface area contributed by atoms with E-state index in [4.69, 9.17) is 4.74 Å². The number of hydrogen-bond acceptors (Lipinski definition) is 3. The molecule has 4 heteroatoms. The highest BCUT2D eigenvalue weighted by Crippen LogP contribution is 2.22. The Morgan fingerprint density at radius 2 is 1.67 bits per heavy atom. The number of amides is 1. The van der Waals surface area contributed by atoms with Crippen LogP contribution in [0, 0.1) is 12.8 Å². The lowest BCUT2D eigenvalue weighted by Crippen LogP contribution is -2.48. The minimum absolute atomic E-state index is 0.182. The monoisotopic (exact) mass is 330 g/mol. The molecule has 2 aliphatic rings. The molecule has 2 fully saturated rings. The SMILES string of the molecule is Cc1ccc(C(=O)N2CCC(CN3C[C@H](C)O[C@@H](C)C3)CC2)cc1. The molecule has 2 saturated heterocycles. The van der Waals surface area contributed by atoms with Crippen LogP contribution in [0.5, 0.6) is 0 Å². The normalized spacial score (nSPS) is 26.5. The zero-order chi connectivity index (χ0) is 17.1. The van der Waals surface area contributed by atoms with Gasteiger partial charge in [0.15, 0.2) is 0 Å². The average molecular weight is 330 g/mol. The highest BCUT2D eigenvalue weighted by atomic mass is 16.5. The lowest BCUT2D eigenvalue weighted by Gasteiger charge is -2.39. The van der Waals surface area contributed by atoms with Gasteiger partial charge in [-0.1, -0.05) is 17.7 Å². The predicted molar refractivity (Wildman–Crippen MR) is 96.3 cm³/mol. The van der Waals surface area contributed by atoms with Crippen LogP contribution in [0.1, 0.15) is 42.6 Å². The first-order valence-corrected chi connectivity index (χ1v) is 9.25. The molecule has 1 aromatic rings. The molecule has 0 N–H and O–H groups in total. The molecule has 2 heterocycles. The van der Waals surface area contributed by atoms with E-state index in [0.29, 0.717) is 18.1 Å². The van der Waals surface area contributed by atoms with E-state index in [0.717, 1.165) is 51.1 Å². The topological polar surface area (TPSA) is 32.8 Å². The highest BCUT2D eigenvalue weighted by molar-refractivity contribution is 5.94. The lowest BCUT2D eigenvalue weighted by molar-refractivity contribution is -0.0728. The largest absolute Gasteiger partial charge is 0.373 e. The van der Waals surface area contributed by atoms with E-state index < -0.39 is 0 Å². The Balaban J connectivity index is 1.48. The van der Waals surface area contributed by atoms with Crippen molar-refractivity contribution in [1.82, 2.24) is 9.80 Å². The van der Waals surface area contributed by atoms with E-state index in [2.05, 4.69) is 18.7 Å². The maximum Gasteiger partial charge on any atom is 0.253 e. The summed E-state index contributed by atoms with van der Waals surface area (Å²) in [6.45, 7) is 11.3. The fraction of sp³-hybridized carbons (Fsp3) is 0.650.